The lowest BCUT2D eigenvalue weighted by atomic mass is 9.88. The van der Waals surface area contributed by atoms with Crippen LogP contribution in [0.25, 0.3) is 0 Å². The third kappa shape index (κ3) is 2.52. The zero-order valence-corrected chi connectivity index (χ0v) is 12.3. The van der Waals surface area contributed by atoms with Gasteiger partial charge in [0.25, 0.3) is 5.91 Å². The lowest BCUT2D eigenvalue weighted by Crippen LogP contribution is -2.28. The highest BCUT2D eigenvalue weighted by Crippen LogP contribution is 2.38. The average molecular weight is 309 g/mol. The van der Waals surface area contributed by atoms with Crippen LogP contribution in [-0.4, -0.2) is 34.0 Å². The van der Waals surface area contributed by atoms with Crippen molar-refractivity contribution in [3.05, 3.63) is 72.3 Å². The van der Waals surface area contributed by atoms with Crippen LogP contribution in [0.1, 0.15) is 33.8 Å². The van der Waals surface area contributed by atoms with Crippen molar-refractivity contribution in [1.29, 1.82) is 0 Å². The molecule has 2 aromatic heterocycles. The van der Waals surface area contributed by atoms with Crippen LogP contribution in [0.4, 0.5) is 0 Å². The van der Waals surface area contributed by atoms with Crippen LogP contribution in [0, 0.1) is 0 Å². The lowest BCUT2D eigenvalue weighted by molar-refractivity contribution is 0.0757. The summed E-state index contributed by atoms with van der Waals surface area (Å²) in [6.07, 6.45) is 2.84. The Hall–Kier alpha value is -2.89. The predicted molar refractivity (Wildman–Crippen MR) is 80.8 cm³/mol. The van der Waals surface area contributed by atoms with Gasteiger partial charge in [-0.05, 0) is 17.7 Å². The molecule has 1 aromatic carbocycles. The molecule has 0 N–H and O–H groups in total. The number of carbonyl (C=O) groups excluding carboxylic acids is 1. The maximum atomic E-state index is 12.6. The standard InChI is InChI=1S/C17H15N3O3/c21-17(15-7-4-8-22-15)20-9-13(12-5-2-1-3-6-12)14(10-20)16-18-11-23-19-16/h1-8,11,13-14H,9-10H2/t13-,14-/m0/s1. The third-order valence-electron chi connectivity index (χ3n) is 4.28. The van der Waals surface area contributed by atoms with Crippen LogP contribution in [-0.2, 0) is 0 Å². The van der Waals surface area contributed by atoms with Crippen molar-refractivity contribution in [1.82, 2.24) is 15.0 Å². The van der Waals surface area contributed by atoms with E-state index in [0.717, 1.165) is 5.56 Å². The quantitative estimate of drug-likeness (QED) is 0.744. The van der Waals surface area contributed by atoms with Crippen LogP contribution in [0.5, 0.6) is 0 Å². The summed E-state index contributed by atoms with van der Waals surface area (Å²) in [5, 5.41) is 3.98. The van der Waals surface area contributed by atoms with Crippen molar-refractivity contribution in [2.45, 2.75) is 11.8 Å². The SMILES string of the molecule is O=C(c1ccco1)N1C[C@H](c2ncon2)[C@H](c2ccccc2)C1. The minimum absolute atomic E-state index is 0.00932. The predicted octanol–water partition coefficient (Wildman–Crippen LogP) is 2.69. The molecule has 1 saturated heterocycles. The van der Waals surface area contributed by atoms with Gasteiger partial charge in [-0.25, -0.2) is 0 Å². The number of benzene rings is 1. The van der Waals surface area contributed by atoms with Gasteiger partial charge in [0, 0.05) is 24.9 Å². The van der Waals surface area contributed by atoms with Gasteiger partial charge < -0.3 is 13.8 Å². The maximum Gasteiger partial charge on any atom is 0.289 e. The number of aromatic nitrogens is 2. The molecule has 6 nitrogen and oxygen atoms in total. The molecule has 1 amide bonds. The van der Waals surface area contributed by atoms with Crippen molar-refractivity contribution in [3.63, 3.8) is 0 Å². The minimum atomic E-state index is -0.109. The first-order valence-electron chi connectivity index (χ1n) is 7.47. The molecule has 0 bridgehead atoms. The molecule has 3 aromatic rings. The highest BCUT2D eigenvalue weighted by atomic mass is 16.5. The van der Waals surface area contributed by atoms with Crippen LogP contribution >= 0.6 is 0 Å². The summed E-state index contributed by atoms with van der Waals surface area (Å²) in [6, 6.07) is 13.5. The van der Waals surface area contributed by atoms with E-state index in [0.29, 0.717) is 24.7 Å². The second-order valence-corrected chi connectivity index (χ2v) is 5.60. The van der Waals surface area contributed by atoms with E-state index in [9.17, 15) is 4.79 Å². The molecule has 0 aliphatic carbocycles. The van der Waals surface area contributed by atoms with E-state index in [4.69, 9.17) is 8.94 Å². The van der Waals surface area contributed by atoms with Gasteiger partial charge in [-0.2, -0.15) is 4.98 Å². The van der Waals surface area contributed by atoms with Crippen molar-refractivity contribution in [2.24, 2.45) is 0 Å². The van der Waals surface area contributed by atoms with Gasteiger partial charge in [0.15, 0.2) is 11.6 Å². The van der Waals surface area contributed by atoms with Crippen molar-refractivity contribution in [3.8, 4) is 0 Å². The van der Waals surface area contributed by atoms with Gasteiger partial charge in [0.05, 0.1) is 6.26 Å². The third-order valence-corrected chi connectivity index (χ3v) is 4.28. The summed E-state index contributed by atoms with van der Waals surface area (Å²) in [4.78, 5) is 18.5. The summed E-state index contributed by atoms with van der Waals surface area (Å²) >= 11 is 0. The molecule has 2 atom stereocenters. The normalized spacial score (nSPS) is 20.8. The number of hydrogen-bond donors (Lipinski definition) is 0. The first-order valence-corrected chi connectivity index (χ1v) is 7.47. The molecule has 0 spiro atoms. The molecule has 23 heavy (non-hydrogen) atoms. The largest absolute Gasteiger partial charge is 0.459 e. The molecule has 0 saturated carbocycles. The molecule has 0 radical (unpaired) electrons. The maximum absolute atomic E-state index is 12.6. The number of amides is 1. The number of likely N-dealkylation sites (tertiary alicyclic amines) is 1. The number of nitrogens with zero attached hydrogens (tertiary/aromatic N) is 3. The van der Waals surface area contributed by atoms with E-state index in [1.165, 1.54) is 12.7 Å². The summed E-state index contributed by atoms with van der Waals surface area (Å²) in [5.74, 6) is 1.02. The fourth-order valence-electron chi connectivity index (χ4n) is 3.17. The Morgan fingerprint density at radius 3 is 2.61 bits per heavy atom. The highest BCUT2D eigenvalue weighted by Gasteiger charge is 2.40. The van der Waals surface area contributed by atoms with E-state index < -0.39 is 0 Å². The zero-order chi connectivity index (χ0) is 15.6. The molecule has 1 aliphatic rings. The van der Waals surface area contributed by atoms with Gasteiger partial charge in [-0.15, -0.1) is 0 Å². The molecular weight excluding hydrogens is 294 g/mol. The van der Waals surface area contributed by atoms with E-state index in [-0.39, 0.29) is 17.7 Å². The van der Waals surface area contributed by atoms with Crippen molar-refractivity contribution < 1.29 is 13.7 Å². The average Bonchev–Trinajstić information content (AvgIpc) is 3.35. The van der Waals surface area contributed by atoms with Crippen molar-refractivity contribution >= 4 is 5.91 Å². The van der Waals surface area contributed by atoms with Gasteiger partial charge in [-0.1, -0.05) is 35.5 Å². The summed E-state index contributed by atoms with van der Waals surface area (Å²) in [5.41, 5.74) is 1.16. The van der Waals surface area contributed by atoms with Crippen LogP contribution in [0.3, 0.4) is 0 Å². The Bertz CT molecular complexity index is 769. The second-order valence-electron chi connectivity index (χ2n) is 5.60. The molecule has 0 unspecified atom stereocenters. The van der Waals surface area contributed by atoms with Crippen LogP contribution < -0.4 is 0 Å². The lowest BCUT2D eigenvalue weighted by Gasteiger charge is -2.15. The van der Waals surface area contributed by atoms with Gasteiger partial charge in [0.1, 0.15) is 0 Å². The number of furan rings is 1. The van der Waals surface area contributed by atoms with E-state index in [1.807, 2.05) is 18.2 Å². The molecule has 1 aliphatic heterocycles. The Labute approximate surface area is 132 Å². The topological polar surface area (TPSA) is 72.4 Å². The van der Waals surface area contributed by atoms with E-state index >= 15 is 0 Å². The van der Waals surface area contributed by atoms with Gasteiger partial charge in [-0.3, -0.25) is 4.79 Å². The first-order chi connectivity index (χ1) is 11.3. The Balaban J connectivity index is 1.65. The molecule has 6 heteroatoms. The molecule has 116 valence electrons. The van der Waals surface area contributed by atoms with Gasteiger partial charge >= 0.3 is 0 Å². The first kappa shape index (κ1) is 13.8. The summed E-state index contributed by atoms with van der Waals surface area (Å²) < 4.78 is 10.1. The Morgan fingerprint density at radius 2 is 1.91 bits per heavy atom. The Kier molecular flexibility index (Phi) is 3.42. The summed E-state index contributed by atoms with van der Waals surface area (Å²) in [7, 11) is 0. The monoisotopic (exact) mass is 309 g/mol. The van der Waals surface area contributed by atoms with E-state index in [1.54, 1.807) is 17.0 Å². The molecule has 4 rings (SSSR count). The van der Waals surface area contributed by atoms with Crippen LogP contribution in [0.15, 0.2) is 64.1 Å². The minimum Gasteiger partial charge on any atom is -0.459 e. The Morgan fingerprint density at radius 1 is 1.09 bits per heavy atom. The molecule has 1 fully saturated rings. The van der Waals surface area contributed by atoms with E-state index in [2.05, 4.69) is 22.3 Å². The van der Waals surface area contributed by atoms with Gasteiger partial charge in [0.2, 0.25) is 6.39 Å². The molecule has 3 heterocycles. The second kappa shape index (κ2) is 5.72. The van der Waals surface area contributed by atoms with Crippen molar-refractivity contribution in [2.75, 3.05) is 13.1 Å². The number of hydrogen-bond acceptors (Lipinski definition) is 5. The number of carbonyl (C=O) groups is 1. The summed E-state index contributed by atoms with van der Waals surface area (Å²) in [6.45, 7) is 1.14. The fourth-order valence-corrected chi connectivity index (χ4v) is 3.17. The smallest absolute Gasteiger partial charge is 0.289 e. The number of rotatable bonds is 3. The highest BCUT2D eigenvalue weighted by molar-refractivity contribution is 5.91. The molecular formula is C17H15N3O3. The van der Waals surface area contributed by atoms with Crippen LogP contribution in [0.2, 0.25) is 0 Å². The fraction of sp³-hybridized carbons (Fsp3) is 0.235. The zero-order valence-electron chi connectivity index (χ0n) is 12.3.